The minimum Gasteiger partial charge on any atom is -0.358 e. The molecule has 0 aliphatic heterocycles. The molecule has 0 aliphatic carbocycles. The molecule has 1 N–H and O–H groups in total. The van der Waals surface area contributed by atoms with E-state index in [1.54, 1.807) is 12.1 Å². The maximum Gasteiger partial charge on any atom is 0.150 e. The lowest BCUT2D eigenvalue weighted by molar-refractivity contribution is 0.639. The van der Waals surface area contributed by atoms with Gasteiger partial charge in [-0.25, -0.2) is 4.39 Å². The fraction of sp³-hybridized carbons (Fsp3) is 0. The van der Waals surface area contributed by atoms with Crippen LogP contribution in [0, 0.1) is 5.82 Å². The zero-order chi connectivity index (χ0) is 8.72. The maximum atomic E-state index is 13.1. The Labute approximate surface area is 81.7 Å². The number of rotatable bonds is 0. The number of H-pyrrole nitrogens is 1. The number of hydrogen-bond acceptors (Lipinski definition) is 0. The third-order valence-electron chi connectivity index (χ3n) is 1.69. The van der Waals surface area contributed by atoms with Crippen LogP contribution in [0.2, 0.25) is 5.02 Å². The second-order valence-corrected chi connectivity index (χ2v) is 3.65. The lowest BCUT2D eigenvalue weighted by Gasteiger charge is -1.96. The molecular weight excluding hydrogens is 244 g/mol. The van der Waals surface area contributed by atoms with E-state index in [-0.39, 0.29) is 5.82 Å². The highest BCUT2D eigenvalue weighted by atomic mass is 79.9. The van der Waals surface area contributed by atoms with Gasteiger partial charge in [-0.3, -0.25) is 0 Å². The monoisotopic (exact) mass is 247 g/mol. The molecule has 0 aliphatic rings. The Kier molecular flexibility index (Phi) is 1.85. The van der Waals surface area contributed by atoms with Crippen molar-refractivity contribution in [3.63, 3.8) is 0 Å². The van der Waals surface area contributed by atoms with Gasteiger partial charge in [0.2, 0.25) is 0 Å². The molecule has 12 heavy (non-hydrogen) atoms. The molecule has 2 aromatic rings. The maximum absolute atomic E-state index is 13.1. The highest BCUT2D eigenvalue weighted by molar-refractivity contribution is 9.10. The van der Waals surface area contributed by atoms with Gasteiger partial charge in [-0.15, -0.1) is 0 Å². The lowest BCUT2D eigenvalue weighted by Crippen LogP contribution is -1.74. The number of aromatic nitrogens is 1. The fourth-order valence-electron chi connectivity index (χ4n) is 1.12. The number of benzene rings is 1. The van der Waals surface area contributed by atoms with Crippen molar-refractivity contribution >= 4 is 38.4 Å². The van der Waals surface area contributed by atoms with Crippen molar-refractivity contribution in [2.24, 2.45) is 0 Å². The number of nitrogens with one attached hydrogen (secondary N) is 1. The van der Waals surface area contributed by atoms with Crippen molar-refractivity contribution in [3.05, 3.63) is 33.6 Å². The molecule has 0 unspecified atom stereocenters. The Hall–Kier alpha value is -0.540. The van der Waals surface area contributed by atoms with Crippen LogP contribution in [0.25, 0.3) is 10.9 Å². The lowest BCUT2D eigenvalue weighted by atomic mass is 10.2. The standard InChI is InChI=1S/C8H4BrClFN/c9-4-1-2-6-7(8(4)10)5(11)3-12-6/h1-3,12H. The van der Waals surface area contributed by atoms with E-state index in [0.717, 1.165) is 0 Å². The summed E-state index contributed by atoms with van der Waals surface area (Å²) in [4.78, 5) is 2.78. The van der Waals surface area contributed by atoms with Crippen LogP contribution in [-0.4, -0.2) is 4.98 Å². The highest BCUT2D eigenvalue weighted by Gasteiger charge is 2.08. The molecule has 0 saturated carbocycles. The second-order valence-electron chi connectivity index (χ2n) is 2.42. The average Bonchev–Trinajstić information content (AvgIpc) is 2.41. The van der Waals surface area contributed by atoms with Gasteiger partial charge in [0.25, 0.3) is 0 Å². The molecule has 0 bridgehead atoms. The first-order valence-corrected chi connectivity index (χ1v) is 4.48. The van der Waals surface area contributed by atoms with Gasteiger partial charge in [0.15, 0.2) is 0 Å². The summed E-state index contributed by atoms with van der Waals surface area (Å²) in [6.45, 7) is 0. The average molecular weight is 248 g/mol. The Morgan fingerprint density at radius 2 is 2.17 bits per heavy atom. The van der Waals surface area contributed by atoms with Gasteiger partial charge in [0, 0.05) is 16.2 Å². The second kappa shape index (κ2) is 2.75. The molecule has 4 heteroatoms. The summed E-state index contributed by atoms with van der Waals surface area (Å²) < 4.78 is 13.8. The zero-order valence-electron chi connectivity index (χ0n) is 5.87. The van der Waals surface area contributed by atoms with E-state index < -0.39 is 0 Å². The molecule has 0 amide bonds. The summed E-state index contributed by atoms with van der Waals surface area (Å²) in [7, 11) is 0. The summed E-state index contributed by atoms with van der Waals surface area (Å²) in [6, 6.07) is 3.55. The van der Waals surface area contributed by atoms with Crippen LogP contribution < -0.4 is 0 Å². The topological polar surface area (TPSA) is 15.8 Å². The van der Waals surface area contributed by atoms with Crippen molar-refractivity contribution in [1.29, 1.82) is 0 Å². The van der Waals surface area contributed by atoms with Gasteiger partial charge >= 0.3 is 0 Å². The quantitative estimate of drug-likeness (QED) is 0.731. The summed E-state index contributed by atoms with van der Waals surface area (Å²) >= 11 is 9.09. The zero-order valence-corrected chi connectivity index (χ0v) is 8.21. The SMILES string of the molecule is Fc1c[nH]c2ccc(Br)c(Cl)c12. The van der Waals surface area contributed by atoms with Crippen molar-refractivity contribution in [3.8, 4) is 0 Å². The van der Waals surface area contributed by atoms with Crippen LogP contribution in [-0.2, 0) is 0 Å². The molecule has 1 nitrogen and oxygen atoms in total. The molecule has 0 fully saturated rings. The van der Waals surface area contributed by atoms with Gasteiger partial charge in [-0.1, -0.05) is 11.6 Å². The van der Waals surface area contributed by atoms with Gasteiger partial charge in [0.1, 0.15) is 5.82 Å². The Balaban J connectivity index is 2.96. The molecule has 0 saturated heterocycles. The van der Waals surface area contributed by atoms with E-state index in [1.165, 1.54) is 6.20 Å². The van der Waals surface area contributed by atoms with Crippen LogP contribution in [0.5, 0.6) is 0 Å². The molecule has 0 spiro atoms. The Morgan fingerprint density at radius 1 is 1.42 bits per heavy atom. The van der Waals surface area contributed by atoms with Crippen LogP contribution >= 0.6 is 27.5 Å². The number of hydrogen-bond donors (Lipinski definition) is 1. The number of halogens is 3. The molecule has 0 radical (unpaired) electrons. The first-order valence-electron chi connectivity index (χ1n) is 3.30. The molecule has 2 rings (SSSR count). The number of fused-ring (bicyclic) bond motifs is 1. The molecule has 1 aromatic heterocycles. The predicted octanol–water partition coefficient (Wildman–Crippen LogP) is 3.72. The first kappa shape index (κ1) is 8.08. The van der Waals surface area contributed by atoms with Crippen molar-refractivity contribution < 1.29 is 4.39 Å². The Morgan fingerprint density at radius 3 is 2.92 bits per heavy atom. The third kappa shape index (κ3) is 1.04. The van der Waals surface area contributed by atoms with Crippen LogP contribution in [0.4, 0.5) is 4.39 Å². The van der Waals surface area contributed by atoms with Crippen LogP contribution in [0.15, 0.2) is 22.8 Å². The van der Waals surface area contributed by atoms with E-state index in [9.17, 15) is 4.39 Å². The van der Waals surface area contributed by atoms with Crippen LogP contribution in [0.3, 0.4) is 0 Å². The van der Waals surface area contributed by atoms with E-state index in [0.29, 0.717) is 20.4 Å². The molecular formula is C8H4BrClFN. The normalized spacial score (nSPS) is 10.9. The van der Waals surface area contributed by atoms with Gasteiger partial charge in [-0.2, -0.15) is 0 Å². The summed E-state index contributed by atoms with van der Waals surface area (Å²) in [5, 5.41) is 0.845. The van der Waals surface area contributed by atoms with E-state index in [2.05, 4.69) is 20.9 Å². The van der Waals surface area contributed by atoms with Crippen molar-refractivity contribution in [2.45, 2.75) is 0 Å². The van der Waals surface area contributed by atoms with E-state index in [1.807, 2.05) is 0 Å². The highest BCUT2D eigenvalue weighted by Crippen LogP contribution is 2.32. The molecule has 62 valence electrons. The van der Waals surface area contributed by atoms with Gasteiger partial charge < -0.3 is 4.98 Å². The van der Waals surface area contributed by atoms with Crippen molar-refractivity contribution in [2.75, 3.05) is 0 Å². The summed E-state index contributed by atoms with van der Waals surface area (Å²) in [5.74, 6) is -0.323. The van der Waals surface area contributed by atoms with Crippen LogP contribution in [0.1, 0.15) is 0 Å². The van der Waals surface area contributed by atoms with E-state index >= 15 is 0 Å². The first-order chi connectivity index (χ1) is 5.70. The third-order valence-corrected chi connectivity index (χ3v) is 2.97. The van der Waals surface area contributed by atoms with E-state index in [4.69, 9.17) is 11.6 Å². The Bertz CT molecular complexity index is 438. The van der Waals surface area contributed by atoms with Gasteiger partial charge in [-0.05, 0) is 28.1 Å². The molecule has 0 atom stereocenters. The minimum atomic E-state index is -0.323. The predicted molar refractivity (Wildman–Crippen MR) is 51.0 cm³/mol. The molecule has 1 heterocycles. The summed E-state index contributed by atoms with van der Waals surface area (Å²) in [6.07, 6.45) is 1.29. The largest absolute Gasteiger partial charge is 0.358 e. The number of aromatic amines is 1. The minimum absolute atomic E-state index is 0.323. The smallest absolute Gasteiger partial charge is 0.150 e. The fourth-order valence-corrected chi connectivity index (χ4v) is 1.70. The molecule has 1 aromatic carbocycles. The van der Waals surface area contributed by atoms with Crippen molar-refractivity contribution in [1.82, 2.24) is 4.98 Å². The summed E-state index contributed by atoms with van der Waals surface area (Å²) in [5.41, 5.74) is 0.709. The van der Waals surface area contributed by atoms with Gasteiger partial charge in [0.05, 0.1) is 10.4 Å².